The van der Waals surface area contributed by atoms with Crippen LogP contribution in [0.4, 0.5) is 0 Å². The van der Waals surface area contributed by atoms with Crippen molar-refractivity contribution in [2.75, 3.05) is 26.7 Å². The van der Waals surface area contributed by atoms with Crippen LogP contribution in [0.2, 0.25) is 0 Å². The van der Waals surface area contributed by atoms with Crippen LogP contribution in [0.25, 0.3) is 11.1 Å². The van der Waals surface area contributed by atoms with Crippen LogP contribution >= 0.6 is 0 Å². The molecule has 0 spiro atoms. The Hall–Kier alpha value is -2.18. The molecule has 0 saturated carbocycles. The molecule has 0 bridgehead atoms. The highest BCUT2D eigenvalue weighted by molar-refractivity contribution is 5.70. The van der Waals surface area contributed by atoms with Gasteiger partial charge < -0.3 is 14.7 Å². The molecule has 3 heterocycles. The number of carbonyl (C=O) groups is 1. The fourth-order valence-electron chi connectivity index (χ4n) is 3.46. The van der Waals surface area contributed by atoms with E-state index in [2.05, 4.69) is 28.3 Å². The highest BCUT2D eigenvalue weighted by atomic mass is 16.5. The van der Waals surface area contributed by atoms with E-state index in [-0.39, 0.29) is 12.1 Å². The van der Waals surface area contributed by atoms with Gasteiger partial charge in [0.15, 0.2) is 0 Å². The van der Waals surface area contributed by atoms with E-state index in [1.54, 1.807) is 0 Å². The van der Waals surface area contributed by atoms with Gasteiger partial charge in [0.25, 0.3) is 0 Å². The minimum atomic E-state index is -0.631. The number of aromatic nitrogens is 2. The molecule has 6 nitrogen and oxygen atoms in total. The average molecular weight is 371 g/mol. The number of rotatable bonds is 3. The summed E-state index contributed by atoms with van der Waals surface area (Å²) < 4.78 is 7.66. The van der Waals surface area contributed by atoms with Crippen LogP contribution in [-0.4, -0.2) is 52.5 Å². The zero-order chi connectivity index (χ0) is 19.1. The second kappa shape index (κ2) is 9.67. The Morgan fingerprint density at radius 3 is 2.48 bits per heavy atom. The molecule has 4 rings (SSSR count). The smallest absolute Gasteiger partial charge is 0.306 e. The summed E-state index contributed by atoms with van der Waals surface area (Å²) in [6, 6.07) is 10.3. The van der Waals surface area contributed by atoms with Crippen molar-refractivity contribution >= 4 is 5.97 Å². The first-order valence-electron chi connectivity index (χ1n) is 9.76. The van der Waals surface area contributed by atoms with Crippen molar-refractivity contribution < 1.29 is 14.6 Å². The number of carboxylic acid groups (broad SMARTS) is 1. The van der Waals surface area contributed by atoms with Gasteiger partial charge >= 0.3 is 5.97 Å². The molecule has 0 amide bonds. The van der Waals surface area contributed by atoms with Crippen LogP contribution in [0.1, 0.15) is 38.3 Å². The molecule has 2 aromatic rings. The highest BCUT2D eigenvalue weighted by Crippen LogP contribution is 2.25. The lowest BCUT2D eigenvalue weighted by atomic mass is 9.98. The normalized spacial score (nSPS) is 21.3. The number of carboxylic acids is 1. The van der Waals surface area contributed by atoms with Gasteiger partial charge in [0.1, 0.15) is 6.23 Å². The lowest BCUT2D eigenvalue weighted by Crippen LogP contribution is -2.33. The summed E-state index contributed by atoms with van der Waals surface area (Å²) in [6.45, 7) is 2.71. The number of likely N-dealkylation sites (tertiary alicyclic amines) is 1. The maximum Gasteiger partial charge on any atom is 0.306 e. The van der Waals surface area contributed by atoms with Gasteiger partial charge in [-0.3, -0.25) is 4.79 Å². The Kier molecular flexibility index (Phi) is 7.01. The molecule has 1 N–H and O–H groups in total. The molecular weight excluding hydrogens is 342 g/mol. The topological polar surface area (TPSA) is 67.6 Å². The standard InChI is InChI=1S/C14H16N2O.C7H13NO2/c1-2-6-12(7-3-1)13-10-15-16(11-13)14-8-4-5-9-17-14;1-8-4-2-6(3-5-8)7(9)10/h1-3,6-7,10-11,14H,4-5,8-9H2;6H,2-5H2,1H3,(H,9,10). The fraction of sp³-hybridized carbons (Fsp3) is 0.524. The van der Waals surface area contributed by atoms with E-state index in [4.69, 9.17) is 9.84 Å². The second-order valence-electron chi connectivity index (χ2n) is 7.31. The Bertz CT molecular complexity index is 702. The molecular formula is C21H29N3O3. The first-order chi connectivity index (χ1) is 13.1. The summed E-state index contributed by atoms with van der Waals surface area (Å²) in [5.74, 6) is -0.718. The first-order valence-corrected chi connectivity index (χ1v) is 9.76. The number of benzene rings is 1. The Morgan fingerprint density at radius 2 is 1.85 bits per heavy atom. The number of aliphatic carboxylic acids is 1. The summed E-state index contributed by atoms with van der Waals surface area (Å²) >= 11 is 0. The van der Waals surface area contributed by atoms with Crippen molar-refractivity contribution in [3.8, 4) is 11.1 Å². The Labute approximate surface area is 160 Å². The third kappa shape index (κ3) is 5.65. The van der Waals surface area contributed by atoms with Crippen molar-refractivity contribution in [2.45, 2.75) is 38.3 Å². The minimum Gasteiger partial charge on any atom is -0.481 e. The number of hydrogen-bond acceptors (Lipinski definition) is 4. The molecule has 1 unspecified atom stereocenters. The maximum absolute atomic E-state index is 10.4. The van der Waals surface area contributed by atoms with E-state index >= 15 is 0 Å². The number of piperidine rings is 1. The van der Waals surface area contributed by atoms with Gasteiger partial charge in [-0.2, -0.15) is 5.10 Å². The quantitative estimate of drug-likeness (QED) is 0.892. The molecule has 2 saturated heterocycles. The molecule has 146 valence electrons. The number of nitrogens with zero attached hydrogens (tertiary/aromatic N) is 3. The zero-order valence-electron chi connectivity index (χ0n) is 16.0. The van der Waals surface area contributed by atoms with E-state index < -0.39 is 5.97 Å². The summed E-state index contributed by atoms with van der Waals surface area (Å²) in [5.41, 5.74) is 2.36. The van der Waals surface area contributed by atoms with E-state index in [0.717, 1.165) is 44.5 Å². The first kappa shape index (κ1) is 19.6. The van der Waals surface area contributed by atoms with Crippen LogP contribution in [0.15, 0.2) is 42.7 Å². The summed E-state index contributed by atoms with van der Waals surface area (Å²) in [7, 11) is 2.03. The van der Waals surface area contributed by atoms with Crippen molar-refractivity contribution in [3.63, 3.8) is 0 Å². The van der Waals surface area contributed by atoms with E-state index in [9.17, 15) is 4.79 Å². The Balaban J connectivity index is 0.000000180. The second-order valence-corrected chi connectivity index (χ2v) is 7.31. The third-order valence-electron chi connectivity index (χ3n) is 5.23. The number of hydrogen-bond donors (Lipinski definition) is 1. The van der Waals surface area contributed by atoms with Gasteiger partial charge in [0.05, 0.1) is 12.1 Å². The largest absolute Gasteiger partial charge is 0.481 e. The third-order valence-corrected chi connectivity index (χ3v) is 5.23. The lowest BCUT2D eigenvalue weighted by Gasteiger charge is -2.25. The van der Waals surface area contributed by atoms with Gasteiger partial charge in [0.2, 0.25) is 0 Å². The van der Waals surface area contributed by atoms with Crippen LogP contribution in [-0.2, 0) is 9.53 Å². The van der Waals surface area contributed by atoms with Crippen LogP contribution in [0.3, 0.4) is 0 Å². The zero-order valence-corrected chi connectivity index (χ0v) is 16.0. The van der Waals surface area contributed by atoms with Gasteiger partial charge in [-0.1, -0.05) is 30.3 Å². The SMILES string of the molecule is CN1CCC(C(=O)O)CC1.c1ccc(-c2cnn(C3CCCCO3)c2)cc1. The maximum atomic E-state index is 10.4. The molecule has 6 heteroatoms. The molecule has 1 aromatic heterocycles. The van der Waals surface area contributed by atoms with E-state index in [1.807, 2.05) is 36.1 Å². The molecule has 2 aliphatic heterocycles. The van der Waals surface area contributed by atoms with E-state index in [1.165, 1.54) is 18.4 Å². The fourth-order valence-corrected chi connectivity index (χ4v) is 3.46. The molecule has 2 aliphatic rings. The molecule has 1 atom stereocenters. The van der Waals surface area contributed by atoms with E-state index in [0.29, 0.717) is 0 Å². The van der Waals surface area contributed by atoms with Gasteiger partial charge in [-0.25, -0.2) is 4.68 Å². The number of ether oxygens (including phenoxy) is 1. The molecule has 0 radical (unpaired) electrons. The van der Waals surface area contributed by atoms with Crippen molar-refractivity contribution in [2.24, 2.45) is 5.92 Å². The molecule has 2 fully saturated rings. The van der Waals surface area contributed by atoms with Crippen LogP contribution in [0.5, 0.6) is 0 Å². The van der Waals surface area contributed by atoms with Gasteiger partial charge in [0, 0.05) is 18.4 Å². The van der Waals surface area contributed by atoms with Crippen LogP contribution < -0.4 is 0 Å². The predicted molar refractivity (Wildman–Crippen MR) is 104 cm³/mol. The Morgan fingerprint density at radius 1 is 1.11 bits per heavy atom. The predicted octanol–water partition coefficient (Wildman–Crippen LogP) is 3.66. The average Bonchev–Trinajstić information content (AvgIpc) is 3.21. The molecule has 27 heavy (non-hydrogen) atoms. The summed E-state index contributed by atoms with van der Waals surface area (Å²) in [6.07, 6.45) is 9.20. The van der Waals surface area contributed by atoms with Crippen molar-refractivity contribution in [3.05, 3.63) is 42.7 Å². The minimum absolute atomic E-state index is 0.0869. The van der Waals surface area contributed by atoms with Crippen molar-refractivity contribution in [1.29, 1.82) is 0 Å². The van der Waals surface area contributed by atoms with Gasteiger partial charge in [-0.05, 0) is 57.8 Å². The molecule has 0 aliphatic carbocycles. The molecule has 1 aromatic carbocycles. The summed E-state index contributed by atoms with van der Waals surface area (Å²) in [4.78, 5) is 12.6. The van der Waals surface area contributed by atoms with Gasteiger partial charge in [-0.15, -0.1) is 0 Å². The summed E-state index contributed by atoms with van der Waals surface area (Å²) in [5, 5.41) is 13.0. The highest BCUT2D eigenvalue weighted by Gasteiger charge is 2.22. The monoisotopic (exact) mass is 371 g/mol. The lowest BCUT2D eigenvalue weighted by molar-refractivity contribution is -0.143. The van der Waals surface area contributed by atoms with Crippen molar-refractivity contribution in [1.82, 2.24) is 14.7 Å². The van der Waals surface area contributed by atoms with Crippen LogP contribution in [0, 0.1) is 5.92 Å².